The van der Waals surface area contributed by atoms with Gasteiger partial charge in [0.25, 0.3) is 0 Å². The molecule has 0 fully saturated rings. The van der Waals surface area contributed by atoms with Gasteiger partial charge in [-0.2, -0.15) is 12.6 Å². The van der Waals surface area contributed by atoms with E-state index in [0.29, 0.717) is 19.4 Å². The number of nitrogens with one attached hydrogen (secondary N) is 3. The van der Waals surface area contributed by atoms with E-state index in [1.165, 1.54) is 0 Å². The molecule has 0 spiro atoms. The summed E-state index contributed by atoms with van der Waals surface area (Å²) in [5.74, 6) is -4.84. The van der Waals surface area contributed by atoms with Gasteiger partial charge in [-0.3, -0.25) is 19.2 Å². The predicted octanol–water partition coefficient (Wildman–Crippen LogP) is -0.981. The number of amides is 3. The molecule has 1 rings (SSSR count). The Hall–Kier alpha value is -3.16. The van der Waals surface area contributed by atoms with E-state index < -0.39 is 60.2 Å². The SMILES string of the molecule is NCCCCC(NC(=O)C(CS)NC(=O)C(CCC(=O)O)NC(=O)C(N)Cc1ccccc1)C(=O)O. The third-order valence-electron chi connectivity index (χ3n) is 5.29. The quantitative estimate of drug-likeness (QED) is 0.0925. The summed E-state index contributed by atoms with van der Waals surface area (Å²) in [5.41, 5.74) is 12.2. The Morgan fingerprint density at radius 1 is 0.833 bits per heavy atom. The fourth-order valence-corrected chi connectivity index (χ4v) is 3.52. The number of rotatable bonds is 17. The van der Waals surface area contributed by atoms with Gasteiger partial charge >= 0.3 is 11.9 Å². The first kappa shape index (κ1) is 30.9. The standard InChI is InChI=1S/C23H35N5O7S/c24-11-5-4-8-17(23(34)35)27-22(33)18(13-36)28-21(32)16(9-10-19(29)30)26-20(31)15(25)12-14-6-2-1-3-7-14/h1-3,6-7,15-18,36H,4-5,8-13,24-25H2,(H,26,31)(H,27,33)(H,28,32)(H,29,30)(H,34,35). The van der Waals surface area contributed by atoms with Crippen molar-refractivity contribution in [2.75, 3.05) is 12.3 Å². The summed E-state index contributed by atoms with van der Waals surface area (Å²) < 4.78 is 0. The molecule has 0 heterocycles. The number of hydrogen-bond donors (Lipinski definition) is 8. The van der Waals surface area contributed by atoms with Crippen LogP contribution in [0.2, 0.25) is 0 Å². The summed E-state index contributed by atoms with van der Waals surface area (Å²) in [7, 11) is 0. The Balaban J connectivity index is 2.84. The molecule has 0 radical (unpaired) electrons. The molecule has 13 heteroatoms. The number of hydrogen-bond acceptors (Lipinski definition) is 8. The smallest absolute Gasteiger partial charge is 0.326 e. The summed E-state index contributed by atoms with van der Waals surface area (Å²) >= 11 is 4.06. The van der Waals surface area contributed by atoms with Gasteiger partial charge in [-0.15, -0.1) is 0 Å². The lowest BCUT2D eigenvalue weighted by Crippen LogP contribution is -2.57. The number of carboxylic acid groups (broad SMARTS) is 2. The zero-order valence-electron chi connectivity index (χ0n) is 19.9. The molecule has 1 aromatic rings. The topological polar surface area (TPSA) is 214 Å². The highest BCUT2D eigenvalue weighted by atomic mass is 32.1. The highest BCUT2D eigenvalue weighted by molar-refractivity contribution is 7.80. The number of unbranched alkanes of at least 4 members (excludes halogenated alkanes) is 1. The Labute approximate surface area is 215 Å². The molecule has 9 N–H and O–H groups in total. The summed E-state index contributed by atoms with van der Waals surface area (Å²) in [6.07, 6.45) is 0.751. The third-order valence-corrected chi connectivity index (χ3v) is 5.66. The Morgan fingerprint density at radius 2 is 1.42 bits per heavy atom. The zero-order valence-corrected chi connectivity index (χ0v) is 20.8. The average molecular weight is 526 g/mol. The van der Waals surface area contributed by atoms with Gasteiger partial charge in [0.05, 0.1) is 6.04 Å². The highest BCUT2D eigenvalue weighted by Crippen LogP contribution is 2.06. The van der Waals surface area contributed by atoms with Gasteiger partial charge in [-0.25, -0.2) is 4.79 Å². The van der Waals surface area contributed by atoms with E-state index >= 15 is 0 Å². The van der Waals surface area contributed by atoms with Crippen LogP contribution in [-0.4, -0.2) is 76.3 Å². The molecule has 1 aromatic carbocycles. The second-order valence-electron chi connectivity index (χ2n) is 8.22. The normalized spacial score (nSPS) is 14.1. The highest BCUT2D eigenvalue weighted by Gasteiger charge is 2.30. The van der Waals surface area contributed by atoms with Gasteiger partial charge in [0.1, 0.15) is 18.1 Å². The number of carbonyl (C=O) groups excluding carboxylic acids is 3. The molecule has 200 valence electrons. The van der Waals surface area contributed by atoms with Crippen LogP contribution in [0.5, 0.6) is 0 Å². The van der Waals surface area contributed by atoms with Gasteiger partial charge in [-0.1, -0.05) is 30.3 Å². The van der Waals surface area contributed by atoms with Crippen molar-refractivity contribution in [3.63, 3.8) is 0 Å². The van der Waals surface area contributed by atoms with E-state index in [2.05, 4.69) is 28.6 Å². The van der Waals surface area contributed by atoms with Crippen LogP contribution in [0.4, 0.5) is 0 Å². The monoisotopic (exact) mass is 525 g/mol. The zero-order chi connectivity index (χ0) is 27.1. The summed E-state index contributed by atoms with van der Waals surface area (Å²) in [6.45, 7) is 0.383. The van der Waals surface area contributed by atoms with Gasteiger partial charge in [-0.05, 0) is 44.2 Å². The lowest BCUT2D eigenvalue weighted by molar-refractivity contribution is -0.142. The largest absolute Gasteiger partial charge is 0.481 e. The molecule has 36 heavy (non-hydrogen) atoms. The molecule has 3 amide bonds. The number of benzene rings is 1. The number of aliphatic carboxylic acids is 2. The van der Waals surface area contributed by atoms with Gasteiger partial charge < -0.3 is 37.6 Å². The van der Waals surface area contributed by atoms with E-state index in [1.54, 1.807) is 24.3 Å². The van der Waals surface area contributed by atoms with E-state index in [4.69, 9.17) is 16.6 Å². The first-order valence-corrected chi connectivity index (χ1v) is 12.2. The minimum atomic E-state index is -1.29. The fourth-order valence-electron chi connectivity index (χ4n) is 3.27. The third kappa shape index (κ3) is 11.5. The van der Waals surface area contributed by atoms with Crippen molar-refractivity contribution in [3.8, 4) is 0 Å². The second kappa shape index (κ2) is 16.5. The lowest BCUT2D eigenvalue weighted by atomic mass is 10.0. The van der Waals surface area contributed by atoms with Gasteiger partial charge in [0, 0.05) is 12.2 Å². The predicted molar refractivity (Wildman–Crippen MR) is 135 cm³/mol. The molecule has 0 saturated heterocycles. The number of nitrogens with two attached hydrogens (primary N) is 2. The van der Waals surface area contributed by atoms with Gasteiger partial charge in [0.2, 0.25) is 17.7 Å². The second-order valence-corrected chi connectivity index (χ2v) is 8.58. The van der Waals surface area contributed by atoms with E-state index in [0.717, 1.165) is 5.56 Å². The lowest BCUT2D eigenvalue weighted by Gasteiger charge is -2.24. The van der Waals surface area contributed by atoms with Gasteiger partial charge in [0.15, 0.2) is 0 Å². The molecule has 4 unspecified atom stereocenters. The molecule has 12 nitrogen and oxygen atoms in total. The average Bonchev–Trinajstić information content (AvgIpc) is 2.84. The maximum absolute atomic E-state index is 12.9. The minimum absolute atomic E-state index is 0.155. The molecule has 0 aliphatic heterocycles. The van der Waals surface area contributed by atoms with Crippen LogP contribution < -0.4 is 27.4 Å². The fraction of sp³-hybridized carbons (Fsp3) is 0.522. The van der Waals surface area contributed by atoms with Crippen molar-refractivity contribution >= 4 is 42.3 Å². The molecule has 0 bridgehead atoms. The molecule has 0 aliphatic carbocycles. The van der Waals surface area contributed by atoms with Crippen molar-refractivity contribution in [2.24, 2.45) is 11.5 Å². The molecule has 0 aliphatic rings. The maximum atomic E-state index is 12.9. The molecular weight excluding hydrogens is 490 g/mol. The molecule has 0 saturated carbocycles. The Bertz CT molecular complexity index is 887. The van der Waals surface area contributed by atoms with Crippen LogP contribution in [0.3, 0.4) is 0 Å². The van der Waals surface area contributed by atoms with E-state index in [9.17, 15) is 29.1 Å². The molecule has 4 atom stereocenters. The first-order valence-electron chi connectivity index (χ1n) is 11.5. The van der Waals surface area contributed by atoms with E-state index in [1.807, 2.05) is 6.07 Å². The van der Waals surface area contributed by atoms with Crippen molar-refractivity contribution in [3.05, 3.63) is 35.9 Å². The van der Waals surface area contributed by atoms with Crippen LogP contribution in [-0.2, 0) is 30.4 Å². The molecular formula is C23H35N5O7S. The van der Waals surface area contributed by atoms with Crippen LogP contribution >= 0.6 is 12.6 Å². The maximum Gasteiger partial charge on any atom is 0.326 e. The van der Waals surface area contributed by atoms with Crippen LogP contribution in [0, 0.1) is 0 Å². The number of carbonyl (C=O) groups is 5. The number of carboxylic acids is 2. The van der Waals surface area contributed by atoms with E-state index in [-0.39, 0.29) is 25.0 Å². The van der Waals surface area contributed by atoms with Crippen LogP contribution in [0.1, 0.15) is 37.7 Å². The summed E-state index contributed by atoms with van der Waals surface area (Å²) in [5, 5.41) is 25.6. The number of thiol groups is 1. The van der Waals surface area contributed by atoms with Crippen molar-refractivity contribution < 1.29 is 34.2 Å². The van der Waals surface area contributed by atoms with Crippen molar-refractivity contribution in [2.45, 2.75) is 62.7 Å². The Kier molecular flexibility index (Phi) is 14.1. The van der Waals surface area contributed by atoms with Crippen LogP contribution in [0.25, 0.3) is 0 Å². The Morgan fingerprint density at radius 3 is 1.97 bits per heavy atom. The van der Waals surface area contributed by atoms with Crippen molar-refractivity contribution in [1.29, 1.82) is 0 Å². The van der Waals surface area contributed by atoms with Crippen LogP contribution in [0.15, 0.2) is 30.3 Å². The van der Waals surface area contributed by atoms with Crippen molar-refractivity contribution in [1.82, 2.24) is 16.0 Å². The first-order chi connectivity index (χ1) is 17.1. The summed E-state index contributed by atoms with van der Waals surface area (Å²) in [4.78, 5) is 60.6. The molecule has 0 aromatic heterocycles. The summed E-state index contributed by atoms with van der Waals surface area (Å²) in [6, 6.07) is 4.29. The minimum Gasteiger partial charge on any atom is -0.481 e.